The summed E-state index contributed by atoms with van der Waals surface area (Å²) in [5.74, 6) is 1.53. The summed E-state index contributed by atoms with van der Waals surface area (Å²) in [7, 11) is 0. The summed E-state index contributed by atoms with van der Waals surface area (Å²) in [5.41, 5.74) is 3.79. The van der Waals surface area contributed by atoms with Gasteiger partial charge in [0.1, 0.15) is 10.6 Å². The molecule has 3 nitrogen and oxygen atoms in total. The lowest BCUT2D eigenvalue weighted by Gasteiger charge is -2.18. The highest BCUT2D eigenvalue weighted by Crippen LogP contribution is 2.40. The summed E-state index contributed by atoms with van der Waals surface area (Å²) in [4.78, 5) is 12.3. The molecule has 0 aliphatic carbocycles. The number of halogens is 1. The van der Waals surface area contributed by atoms with Gasteiger partial charge < -0.3 is 4.90 Å². The molecule has 24 heavy (non-hydrogen) atoms. The predicted octanol–water partition coefficient (Wildman–Crippen LogP) is 5.74. The number of fused-ring (bicyclic) bond motifs is 1. The summed E-state index contributed by atoms with van der Waals surface area (Å²) in [6, 6.07) is 8.85. The Morgan fingerprint density at radius 3 is 2.46 bits per heavy atom. The molecule has 3 aromatic rings. The third-order valence-corrected chi connectivity index (χ3v) is 5.72. The molecule has 0 bridgehead atoms. The summed E-state index contributed by atoms with van der Waals surface area (Å²) in [6.45, 7) is 6.53. The van der Waals surface area contributed by atoms with Gasteiger partial charge in [-0.25, -0.2) is 4.98 Å². The van der Waals surface area contributed by atoms with Crippen molar-refractivity contribution in [2.24, 2.45) is 0 Å². The average molecular weight is 358 g/mol. The van der Waals surface area contributed by atoms with Gasteiger partial charge in [0.2, 0.25) is 5.28 Å². The monoisotopic (exact) mass is 357 g/mol. The van der Waals surface area contributed by atoms with Crippen molar-refractivity contribution < 1.29 is 0 Å². The number of rotatable bonds is 3. The van der Waals surface area contributed by atoms with Crippen LogP contribution in [-0.2, 0) is 0 Å². The number of nitrogens with zero attached hydrogens (tertiary/aromatic N) is 3. The zero-order valence-corrected chi connectivity index (χ0v) is 15.5. The summed E-state index contributed by atoms with van der Waals surface area (Å²) < 4.78 is 0. The highest BCUT2D eigenvalue weighted by atomic mass is 35.5. The zero-order chi connectivity index (χ0) is 16.7. The topological polar surface area (TPSA) is 29.0 Å². The molecule has 1 aliphatic rings. The molecule has 2 aromatic heterocycles. The number of hydrogen-bond acceptors (Lipinski definition) is 4. The van der Waals surface area contributed by atoms with Gasteiger partial charge in [-0.15, -0.1) is 11.3 Å². The van der Waals surface area contributed by atoms with Crippen molar-refractivity contribution in [3.05, 3.63) is 40.5 Å². The number of benzene rings is 1. The van der Waals surface area contributed by atoms with Crippen molar-refractivity contribution in [3.63, 3.8) is 0 Å². The van der Waals surface area contributed by atoms with Crippen LogP contribution in [-0.4, -0.2) is 23.1 Å². The van der Waals surface area contributed by atoms with Gasteiger partial charge in [0.15, 0.2) is 0 Å². The first-order chi connectivity index (χ1) is 11.6. The van der Waals surface area contributed by atoms with Crippen LogP contribution in [0.3, 0.4) is 0 Å². The van der Waals surface area contributed by atoms with E-state index in [0.29, 0.717) is 11.2 Å². The van der Waals surface area contributed by atoms with Crippen LogP contribution < -0.4 is 4.90 Å². The second-order valence-corrected chi connectivity index (χ2v) is 7.81. The minimum Gasteiger partial charge on any atom is -0.356 e. The first-order valence-corrected chi connectivity index (χ1v) is 9.69. The molecule has 124 valence electrons. The van der Waals surface area contributed by atoms with E-state index in [9.17, 15) is 0 Å². The van der Waals surface area contributed by atoms with Crippen LogP contribution >= 0.6 is 22.9 Å². The molecule has 0 amide bonds. The predicted molar refractivity (Wildman–Crippen MR) is 103 cm³/mol. The fourth-order valence-electron chi connectivity index (χ4n) is 3.32. The Hall–Kier alpha value is -1.65. The van der Waals surface area contributed by atoms with E-state index in [2.05, 4.69) is 58.4 Å². The molecule has 0 saturated carbocycles. The smallest absolute Gasteiger partial charge is 0.225 e. The van der Waals surface area contributed by atoms with Crippen molar-refractivity contribution in [1.29, 1.82) is 0 Å². The van der Waals surface area contributed by atoms with Crippen molar-refractivity contribution in [3.8, 4) is 11.1 Å². The van der Waals surface area contributed by atoms with E-state index in [1.54, 1.807) is 11.3 Å². The van der Waals surface area contributed by atoms with Gasteiger partial charge in [-0.05, 0) is 41.5 Å². The first-order valence-electron chi connectivity index (χ1n) is 8.43. The molecule has 0 N–H and O–H groups in total. The minimum absolute atomic E-state index is 0.341. The van der Waals surface area contributed by atoms with Gasteiger partial charge in [0, 0.05) is 24.0 Å². The maximum Gasteiger partial charge on any atom is 0.225 e. The van der Waals surface area contributed by atoms with Crippen LogP contribution in [0, 0.1) is 0 Å². The highest BCUT2D eigenvalue weighted by Gasteiger charge is 2.21. The molecule has 0 radical (unpaired) electrons. The number of thiophene rings is 1. The van der Waals surface area contributed by atoms with Crippen LogP contribution in [0.25, 0.3) is 21.3 Å². The van der Waals surface area contributed by atoms with Crippen LogP contribution in [0.1, 0.15) is 38.2 Å². The van der Waals surface area contributed by atoms with Crippen molar-refractivity contribution in [2.45, 2.75) is 32.6 Å². The van der Waals surface area contributed by atoms with Crippen LogP contribution in [0.2, 0.25) is 5.28 Å². The van der Waals surface area contributed by atoms with E-state index in [0.717, 1.165) is 29.1 Å². The lowest BCUT2D eigenvalue weighted by atomic mass is 9.99. The molecule has 4 rings (SSSR count). The molecule has 0 spiro atoms. The highest BCUT2D eigenvalue weighted by molar-refractivity contribution is 7.17. The summed E-state index contributed by atoms with van der Waals surface area (Å²) >= 11 is 7.82. The summed E-state index contributed by atoms with van der Waals surface area (Å²) in [5, 5.41) is 3.66. The van der Waals surface area contributed by atoms with E-state index >= 15 is 0 Å². The SMILES string of the molecule is CC(C)c1ccc(-c2csc3nc(Cl)nc(N4CCCC4)c23)cc1. The largest absolute Gasteiger partial charge is 0.356 e. The molecule has 0 unspecified atom stereocenters. The Morgan fingerprint density at radius 1 is 1.08 bits per heavy atom. The summed E-state index contributed by atoms with van der Waals surface area (Å²) in [6.07, 6.45) is 2.43. The maximum atomic E-state index is 6.17. The van der Waals surface area contributed by atoms with Gasteiger partial charge in [-0.1, -0.05) is 38.1 Å². The van der Waals surface area contributed by atoms with Crippen LogP contribution in [0.5, 0.6) is 0 Å². The second-order valence-electron chi connectivity index (χ2n) is 6.62. The molecular weight excluding hydrogens is 338 g/mol. The van der Waals surface area contributed by atoms with E-state index in [4.69, 9.17) is 11.6 Å². The van der Waals surface area contributed by atoms with E-state index in [-0.39, 0.29) is 0 Å². The first kappa shape index (κ1) is 15.9. The van der Waals surface area contributed by atoms with Gasteiger partial charge in [0.25, 0.3) is 0 Å². The van der Waals surface area contributed by atoms with Gasteiger partial charge in [-0.2, -0.15) is 4.98 Å². The van der Waals surface area contributed by atoms with Gasteiger partial charge >= 0.3 is 0 Å². The second kappa shape index (κ2) is 6.34. The lowest BCUT2D eigenvalue weighted by molar-refractivity contribution is 0.867. The molecule has 0 atom stereocenters. The zero-order valence-electron chi connectivity index (χ0n) is 13.9. The van der Waals surface area contributed by atoms with E-state index < -0.39 is 0 Å². The fraction of sp³-hybridized carbons (Fsp3) is 0.368. The average Bonchev–Trinajstić information content (AvgIpc) is 3.24. The Bertz CT molecular complexity index is 864. The third-order valence-electron chi connectivity index (χ3n) is 4.68. The van der Waals surface area contributed by atoms with Gasteiger partial charge in [0.05, 0.1) is 5.39 Å². The lowest BCUT2D eigenvalue weighted by Crippen LogP contribution is -2.19. The standard InChI is InChI=1S/C19H20ClN3S/c1-12(2)13-5-7-14(8-6-13)15-11-24-18-16(15)17(21-19(20)22-18)23-9-3-4-10-23/h5-8,11-12H,3-4,9-10H2,1-2H3. The Balaban J connectivity index is 1.86. The molecule has 3 heterocycles. The molecule has 5 heteroatoms. The molecule has 1 aliphatic heterocycles. The van der Waals surface area contributed by atoms with E-state index in [1.807, 2.05) is 0 Å². The maximum absolute atomic E-state index is 6.17. The van der Waals surface area contributed by atoms with Crippen molar-refractivity contribution in [2.75, 3.05) is 18.0 Å². The van der Waals surface area contributed by atoms with Crippen molar-refractivity contribution in [1.82, 2.24) is 9.97 Å². The molecule has 1 saturated heterocycles. The fourth-order valence-corrected chi connectivity index (χ4v) is 4.47. The normalized spacial score (nSPS) is 14.9. The number of aromatic nitrogens is 2. The Kier molecular flexibility index (Phi) is 4.19. The number of anilines is 1. The van der Waals surface area contributed by atoms with Gasteiger partial charge in [-0.3, -0.25) is 0 Å². The Morgan fingerprint density at radius 2 is 1.79 bits per heavy atom. The third kappa shape index (κ3) is 2.78. The van der Waals surface area contributed by atoms with Crippen molar-refractivity contribution >= 4 is 39.0 Å². The van der Waals surface area contributed by atoms with E-state index in [1.165, 1.54) is 29.5 Å². The molecular formula is C19H20ClN3S. The molecule has 1 fully saturated rings. The van der Waals surface area contributed by atoms with Crippen LogP contribution in [0.4, 0.5) is 5.82 Å². The van der Waals surface area contributed by atoms with Crippen LogP contribution in [0.15, 0.2) is 29.6 Å². The quantitative estimate of drug-likeness (QED) is 0.560. The Labute approximate surface area is 151 Å². The molecule has 1 aromatic carbocycles. The minimum atomic E-state index is 0.341. The number of hydrogen-bond donors (Lipinski definition) is 0.